The summed E-state index contributed by atoms with van der Waals surface area (Å²) in [4.78, 5) is 13.0. The molecule has 0 amide bonds. The minimum Gasteiger partial charge on any atom is -0.489 e. The van der Waals surface area contributed by atoms with Gasteiger partial charge in [0.05, 0.1) is 29.2 Å². The highest BCUT2D eigenvalue weighted by Gasteiger charge is 2.22. The predicted molar refractivity (Wildman–Crippen MR) is 110 cm³/mol. The summed E-state index contributed by atoms with van der Waals surface area (Å²) in [6.45, 7) is 3.95. The van der Waals surface area contributed by atoms with Crippen LogP contribution in [0, 0.1) is 0 Å². The van der Waals surface area contributed by atoms with E-state index in [1.54, 1.807) is 18.5 Å². The van der Waals surface area contributed by atoms with Gasteiger partial charge in [0.15, 0.2) is 10.9 Å². The number of rotatable bonds is 2. The van der Waals surface area contributed by atoms with Gasteiger partial charge in [-0.05, 0) is 30.4 Å². The van der Waals surface area contributed by atoms with E-state index in [2.05, 4.69) is 36.4 Å². The van der Waals surface area contributed by atoms with Gasteiger partial charge in [0.25, 0.3) is 0 Å². The summed E-state index contributed by atoms with van der Waals surface area (Å²) in [7, 11) is 0. The van der Waals surface area contributed by atoms with Crippen LogP contribution >= 0.6 is 23.8 Å². The molecule has 2 aromatic rings. The molecule has 1 fully saturated rings. The molecular weight excluding hydrogens is 384 g/mol. The van der Waals surface area contributed by atoms with Crippen molar-refractivity contribution in [3.05, 3.63) is 47.5 Å². The topological polar surface area (TPSA) is 65.9 Å². The lowest BCUT2D eigenvalue weighted by atomic mass is 10.1. The number of halogens is 1. The Labute approximate surface area is 168 Å². The number of hydrogen-bond acceptors (Lipinski definition) is 6. The lowest BCUT2D eigenvalue weighted by Gasteiger charge is -2.36. The number of nitrogens with zero attached hydrogens (tertiary/aromatic N) is 5. The first-order valence-corrected chi connectivity index (χ1v) is 9.55. The fourth-order valence-electron chi connectivity index (χ4n) is 3.14. The monoisotopic (exact) mass is 402 g/mol. The standard InChI is InChI=1S/C18H19ClN6OS/c19-14-3-6-21-16-15(4-11-26-17(14)16)22-23-18(27)25-9-7-24(8-10-25)13-2-1-5-20-12-13/h1-3,5-6,12H,4,7-11H2,(H,23,27)/b22-15-. The van der Waals surface area contributed by atoms with Gasteiger partial charge in [0, 0.05) is 45.0 Å². The number of fused-ring (bicyclic) bond motifs is 1. The molecule has 9 heteroatoms. The second-order valence-corrected chi connectivity index (χ2v) is 7.02. The van der Waals surface area contributed by atoms with Gasteiger partial charge >= 0.3 is 0 Å². The SMILES string of the molecule is S=C(N/N=C1/CCOc2c(Cl)ccnc21)N1CCN(c2cccnc2)CC1. The molecule has 2 aliphatic rings. The van der Waals surface area contributed by atoms with Crippen molar-refractivity contribution in [1.29, 1.82) is 0 Å². The van der Waals surface area contributed by atoms with E-state index in [-0.39, 0.29) is 0 Å². The van der Waals surface area contributed by atoms with Gasteiger partial charge in [0.1, 0.15) is 5.69 Å². The Hall–Kier alpha value is -2.45. The van der Waals surface area contributed by atoms with Crippen molar-refractivity contribution in [3.8, 4) is 5.75 Å². The largest absolute Gasteiger partial charge is 0.489 e. The Balaban J connectivity index is 1.37. The van der Waals surface area contributed by atoms with E-state index >= 15 is 0 Å². The van der Waals surface area contributed by atoms with Crippen LogP contribution in [0.25, 0.3) is 0 Å². The number of hydrazone groups is 1. The second kappa shape index (κ2) is 8.06. The fraction of sp³-hybridized carbons (Fsp3) is 0.333. The van der Waals surface area contributed by atoms with Gasteiger partial charge in [0.2, 0.25) is 0 Å². The maximum Gasteiger partial charge on any atom is 0.189 e. The molecule has 0 saturated carbocycles. The molecule has 0 bridgehead atoms. The van der Waals surface area contributed by atoms with E-state index in [4.69, 9.17) is 28.6 Å². The highest BCUT2D eigenvalue weighted by molar-refractivity contribution is 7.80. The Morgan fingerprint density at radius 3 is 2.85 bits per heavy atom. The third-order valence-corrected chi connectivity index (χ3v) is 5.23. The maximum absolute atomic E-state index is 6.17. The Morgan fingerprint density at radius 2 is 2.07 bits per heavy atom. The molecule has 4 rings (SSSR count). The van der Waals surface area contributed by atoms with Crippen molar-refractivity contribution in [3.63, 3.8) is 0 Å². The van der Waals surface area contributed by atoms with Gasteiger partial charge in [-0.15, -0.1) is 0 Å². The molecule has 7 nitrogen and oxygen atoms in total. The number of aromatic nitrogens is 2. The van der Waals surface area contributed by atoms with E-state index in [1.807, 2.05) is 12.3 Å². The summed E-state index contributed by atoms with van der Waals surface area (Å²) in [6, 6.07) is 5.74. The van der Waals surface area contributed by atoms with Gasteiger partial charge < -0.3 is 14.5 Å². The zero-order valence-electron chi connectivity index (χ0n) is 14.6. The quantitative estimate of drug-likeness (QED) is 0.610. The van der Waals surface area contributed by atoms with Gasteiger partial charge in [-0.2, -0.15) is 5.10 Å². The normalized spacial score (nSPS) is 18.0. The first-order chi connectivity index (χ1) is 13.2. The van der Waals surface area contributed by atoms with Crippen molar-refractivity contribution in [1.82, 2.24) is 20.3 Å². The number of hydrogen-bond donors (Lipinski definition) is 1. The number of thiocarbonyl (C=S) groups is 1. The summed E-state index contributed by atoms with van der Waals surface area (Å²) < 4.78 is 5.60. The first kappa shape index (κ1) is 17.9. The zero-order chi connectivity index (χ0) is 18.6. The Morgan fingerprint density at radius 1 is 1.22 bits per heavy atom. The molecule has 0 aromatic carbocycles. The molecule has 1 saturated heterocycles. The van der Waals surface area contributed by atoms with E-state index in [9.17, 15) is 0 Å². The molecule has 0 atom stereocenters. The van der Waals surface area contributed by atoms with E-state index in [0.29, 0.717) is 34.6 Å². The average molecular weight is 403 g/mol. The van der Waals surface area contributed by atoms with Crippen molar-refractivity contribution >= 4 is 40.3 Å². The van der Waals surface area contributed by atoms with Crippen molar-refractivity contribution in [2.24, 2.45) is 5.10 Å². The molecule has 0 spiro atoms. The number of anilines is 1. The summed E-state index contributed by atoms with van der Waals surface area (Å²) in [5.74, 6) is 0.585. The maximum atomic E-state index is 6.17. The molecule has 0 aliphatic carbocycles. The average Bonchev–Trinajstić information content (AvgIpc) is 2.73. The van der Waals surface area contributed by atoms with Crippen LogP contribution < -0.4 is 15.1 Å². The van der Waals surface area contributed by atoms with Crippen molar-refractivity contribution < 1.29 is 4.74 Å². The lowest BCUT2D eigenvalue weighted by molar-refractivity contribution is 0.318. The van der Waals surface area contributed by atoms with Crippen LogP contribution in [0.2, 0.25) is 5.02 Å². The van der Waals surface area contributed by atoms with Crippen LogP contribution in [0.15, 0.2) is 41.9 Å². The van der Waals surface area contributed by atoms with Crippen LogP contribution in [0.5, 0.6) is 5.75 Å². The molecule has 0 radical (unpaired) electrons. The lowest BCUT2D eigenvalue weighted by Crippen LogP contribution is -2.51. The Bertz CT molecular complexity index is 854. The zero-order valence-corrected chi connectivity index (χ0v) is 16.2. The minimum absolute atomic E-state index is 0.523. The first-order valence-electron chi connectivity index (χ1n) is 8.76. The highest BCUT2D eigenvalue weighted by Crippen LogP contribution is 2.30. The third-order valence-electron chi connectivity index (χ3n) is 4.58. The summed E-state index contributed by atoms with van der Waals surface area (Å²) >= 11 is 11.7. The third kappa shape index (κ3) is 3.96. The van der Waals surface area contributed by atoms with Crippen LogP contribution in [0.4, 0.5) is 5.69 Å². The van der Waals surface area contributed by atoms with Crippen LogP contribution in [-0.2, 0) is 0 Å². The van der Waals surface area contributed by atoms with Crippen LogP contribution in [-0.4, -0.2) is 58.5 Å². The minimum atomic E-state index is 0.523. The molecule has 4 heterocycles. The Kier molecular flexibility index (Phi) is 5.35. The van der Waals surface area contributed by atoms with Crippen molar-refractivity contribution in [2.75, 3.05) is 37.7 Å². The van der Waals surface area contributed by atoms with Gasteiger partial charge in [-0.25, -0.2) is 0 Å². The molecular formula is C18H19ClN6OS. The molecule has 0 unspecified atom stereocenters. The highest BCUT2D eigenvalue weighted by atomic mass is 35.5. The van der Waals surface area contributed by atoms with E-state index < -0.39 is 0 Å². The number of ether oxygens (including phenoxy) is 1. The van der Waals surface area contributed by atoms with E-state index in [0.717, 1.165) is 37.6 Å². The van der Waals surface area contributed by atoms with E-state index in [1.165, 1.54) is 0 Å². The second-order valence-electron chi connectivity index (χ2n) is 6.23. The molecule has 27 heavy (non-hydrogen) atoms. The predicted octanol–water partition coefficient (Wildman–Crippen LogP) is 2.31. The van der Waals surface area contributed by atoms with Gasteiger partial charge in [-0.1, -0.05) is 11.6 Å². The smallest absolute Gasteiger partial charge is 0.189 e. The fourth-order valence-corrected chi connectivity index (χ4v) is 3.57. The number of nitrogens with one attached hydrogen (secondary N) is 1. The number of piperazine rings is 1. The summed E-state index contributed by atoms with van der Waals surface area (Å²) in [5.41, 5.74) is 5.62. The molecule has 2 aromatic heterocycles. The summed E-state index contributed by atoms with van der Waals surface area (Å²) in [5, 5.41) is 5.63. The molecule has 140 valence electrons. The summed E-state index contributed by atoms with van der Waals surface area (Å²) in [6.07, 6.45) is 5.99. The van der Waals surface area contributed by atoms with Gasteiger partial charge in [-0.3, -0.25) is 15.4 Å². The van der Waals surface area contributed by atoms with Crippen molar-refractivity contribution in [2.45, 2.75) is 6.42 Å². The molecule has 2 aliphatic heterocycles. The molecule has 1 N–H and O–H groups in total. The number of pyridine rings is 2. The van der Waals surface area contributed by atoms with Crippen LogP contribution in [0.3, 0.4) is 0 Å². The van der Waals surface area contributed by atoms with Crippen LogP contribution in [0.1, 0.15) is 12.1 Å².